The molecule has 1 aliphatic rings. The van der Waals surface area contributed by atoms with E-state index < -0.39 is 38.5 Å². The molecule has 0 aliphatic carbocycles. The molecule has 90 valence electrons. The first-order valence-corrected chi connectivity index (χ1v) is 5.69. The van der Waals surface area contributed by atoms with Crippen molar-refractivity contribution in [3.63, 3.8) is 0 Å². The molecule has 1 saturated heterocycles. The SMILES string of the molecule is CC1O[C@H](OP(=O)(O)O)C(O)C(O)[C@@H]1O. The minimum absolute atomic E-state index is 0.903. The third-order valence-electron chi connectivity index (χ3n) is 2.05. The molecule has 0 aromatic rings. The molecule has 0 radical (unpaired) electrons. The fraction of sp³-hybridized carbons (Fsp3) is 1.00. The number of phosphoric acid groups is 1. The summed E-state index contributed by atoms with van der Waals surface area (Å²) in [4.78, 5) is 17.0. The Balaban J connectivity index is 2.71. The van der Waals surface area contributed by atoms with Crippen LogP contribution in [0.4, 0.5) is 0 Å². The van der Waals surface area contributed by atoms with E-state index in [4.69, 9.17) is 14.5 Å². The summed E-state index contributed by atoms with van der Waals surface area (Å²) in [6.07, 6.45) is -7.20. The quantitative estimate of drug-likeness (QED) is 0.349. The van der Waals surface area contributed by atoms with Gasteiger partial charge in [0.1, 0.15) is 18.3 Å². The van der Waals surface area contributed by atoms with E-state index in [2.05, 4.69) is 4.52 Å². The lowest BCUT2D eigenvalue weighted by Crippen LogP contribution is -2.57. The highest BCUT2D eigenvalue weighted by molar-refractivity contribution is 7.46. The highest BCUT2D eigenvalue weighted by Gasteiger charge is 2.44. The molecule has 9 heteroatoms. The molecule has 8 nitrogen and oxygen atoms in total. The van der Waals surface area contributed by atoms with Crippen molar-refractivity contribution in [1.82, 2.24) is 0 Å². The number of hydrogen-bond donors (Lipinski definition) is 5. The number of ether oxygens (including phenoxy) is 1. The smallest absolute Gasteiger partial charge is 0.388 e. The Bertz CT molecular complexity index is 264. The van der Waals surface area contributed by atoms with E-state index in [1.807, 2.05) is 0 Å². The van der Waals surface area contributed by atoms with Gasteiger partial charge in [-0.3, -0.25) is 4.52 Å². The van der Waals surface area contributed by atoms with Gasteiger partial charge in [0.2, 0.25) is 0 Å². The summed E-state index contributed by atoms with van der Waals surface area (Å²) in [7, 11) is -4.82. The zero-order valence-electron chi connectivity index (χ0n) is 7.79. The van der Waals surface area contributed by atoms with E-state index in [0.717, 1.165) is 0 Å². The summed E-state index contributed by atoms with van der Waals surface area (Å²) in [5.41, 5.74) is 0. The average molecular weight is 244 g/mol. The molecule has 0 saturated carbocycles. The summed E-state index contributed by atoms with van der Waals surface area (Å²) in [5.74, 6) is 0. The maximum Gasteiger partial charge on any atom is 0.472 e. The van der Waals surface area contributed by atoms with Gasteiger partial charge in [-0.15, -0.1) is 0 Å². The third-order valence-corrected chi connectivity index (χ3v) is 2.53. The van der Waals surface area contributed by atoms with E-state index >= 15 is 0 Å². The summed E-state index contributed by atoms with van der Waals surface area (Å²) >= 11 is 0. The van der Waals surface area contributed by atoms with Crippen molar-refractivity contribution in [1.29, 1.82) is 0 Å². The summed E-state index contributed by atoms with van der Waals surface area (Å²) in [5, 5.41) is 27.8. The van der Waals surface area contributed by atoms with Crippen molar-refractivity contribution in [2.24, 2.45) is 0 Å². The van der Waals surface area contributed by atoms with E-state index in [1.165, 1.54) is 6.92 Å². The molecular formula is C6H13O8P. The first-order chi connectivity index (χ1) is 6.72. The molecule has 5 N–H and O–H groups in total. The Labute approximate surface area is 85.3 Å². The van der Waals surface area contributed by atoms with Crippen LogP contribution in [0.1, 0.15) is 6.92 Å². The first kappa shape index (κ1) is 13.0. The molecule has 15 heavy (non-hydrogen) atoms. The highest BCUT2D eigenvalue weighted by Crippen LogP contribution is 2.40. The lowest BCUT2D eigenvalue weighted by atomic mass is 10.0. The highest BCUT2D eigenvalue weighted by atomic mass is 31.2. The standard InChI is InChI=1S/C6H13O8P/c1-2-3(7)4(8)5(9)6(13-2)14-15(10,11)12/h2-9H,1H3,(H2,10,11,12)/t2?,3-,4?,5?,6-/m1/s1. The lowest BCUT2D eigenvalue weighted by Gasteiger charge is -2.38. The maximum absolute atomic E-state index is 10.5. The Morgan fingerprint density at radius 1 is 1.13 bits per heavy atom. The molecule has 1 heterocycles. The number of aliphatic hydroxyl groups excluding tert-OH is 3. The van der Waals surface area contributed by atoms with Crippen molar-refractivity contribution in [3.05, 3.63) is 0 Å². The van der Waals surface area contributed by atoms with Gasteiger partial charge in [0.05, 0.1) is 6.10 Å². The minimum atomic E-state index is -4.82. The Hall–Kier alpha value is -0.0500. The topological polar surface area (TPSA) is 137 Å². The van der Waals surface area contributed by atoms with Gasteiger partial charge in [0.15, 0.2) is 6.29 Å². The van der Waals surface area contributed by atoms with Crippen LogP contribution in [0.25, 0.3) is 0 Å². The van der Waals surface area contributed by atoms with Crippen LogP contribution in [0.3, 0.4) is 0 Å². The van der Waals surface area contributed by atoms with Crippen LogP contribution in [-0.2, 0) is 13.8 Å². The summed E-state index contributed by atoms with van der Waals surface area (Å²) in [6.45, 7) is 1.37. The van der Waals surface area contributed by atoms with Crippen molar-refractivity contribution < 1.29 is 38.9 Å². The van der Waals surface area contributed by atoms with Gasteiger partial charge in [-0.25, -0.2) is 4.57 Å². The minimum Gasteiger partial charge on any atom is -0.388 e. The van der Waals surface area contributed by atoms with Gasteiger partial charge in [0.25, 0.3) is 0 Å². The first-order valence-electron chi connectivity index (χ1n) is 4.16. The van der Waals surface area contributed by atoms with Crippen molar-refractivity contribution in [2.75, 3.05) is 0 Å². The van der Waals surface area contributed by atoms with Crippen LogP contribution < -0.4 is 0 Å². The molecule has 5 atom stereocenters. The molecule has 1 aliphatic heterocycles. The van der Waals surface area contributed by atoms with E-state index in [9.17, 15) is 19.9 Å². The fourth-order valence-corrected chi connectivity index (χ4v) is 1.68. The molecule has 0 bridgehead atoms. The van der Waals surface area contributed by atoms with Crippen LogP contribution in [0.5, 0.6) is 0 Å². The number of phosphoric ester groups is 1. The number of aliphatic hydroxyl groups is 3. The molecule has 0 spiro atoms. The zero-order chi connectivity index (χ0) is 11.8. The molecule has 0 amide bonds. The predicted octanol–water partition coefficient (Wildman–Crippen LogP) is -2.08. The van der Waals surface area contributed by atoms with Crippen molar-refractivity contribution >= 4 is 7.82 Å². The number of hydrogen-bond acceptors (Lipinski definition) is 6. The second-order valence-electron chi connectivity index (χ2n) is 3.28. The zero-order valence-corrected chi connectivity index (χ0v) is 8.69. The Morgan fingerprint density at radius 3 is 2.13 bits per heavy atom. The maximum atomic E-state index is 10.5. The van der Waals surface area contributed by atoms with Crippen LogP contribution in [-0.4, -0.2) is 55.8 Å². The van der Waals surface area contributed by atoms with Gasteiger partial charge >= 0.3 is 7.82 Å². The number of rotatable bonds is 2. The van der Waals surface area contributed by atoms with Gasteiger partial charge < -0.3 is 29.8 Å². The fourth-order valence-electron chi connectivity index (χ4n) is 1.24. The Morgan fingerprint density at radius 2 is 1.67 bits per heavy atom. The van der Waals surface area contributed by atoms with Crippen LogP contribution in [0.2, 0.25) is 0 Å². The van der Waals surface area contributed by atoms with Gasteiger partial charge in [-0.05, 0) is 6.92 Å². The molecule has 1 rings (SSSR count). The predicted molar refractivity (Wildman–Crippen MR) is 45.5 cm³/mol. The molecule has 1 fully saturated rings. The third kappa shape index (κ3) is 3.20. The lowest BCUT2D eigenvalue weighted by molar-refractivity contribution is -0.271. The summed E-state index contributed by atoms with van der Waals surface area (Å²) in [6, 6.07) is 0. The van der Waals surface area contributed by atoms with E-state index in [-0.39, 0.29) is 0 Å². The van der Waals surface area contributed by atoms with Crippen molar-refractivity contribution in [3.8, 4) is 0 Å². The van der Waals surface area contributed by atoms with Crippen molar-refractivity contribution in [2.45, 2.75) is 37.6 Å². The van der Waals surface area contributed by atoms with Crippen LogP contribution >= 0.6 is 7.82 Å². The second-order valence-corrected chi connectivity index (χ2v) is 4.47. The average Bonchev–Trinajstić information content (AvgIpc) is 2.08. The van der Waals surface area contributed by atoms with Crippen LogP contribution in [0.15, 0.2) is 0 Å². The van der Waals surface area contributed by atoms with Gasteiger partial charge in [-0.1, -0.05) is 0 Å². The largest absolute Gasteiger partial charge is 0.472 e. The molecule has 0 aromatic heterocycles. The normalized spacial score (nSPS) is 42.9. The van der Waals surface area contributed by atoms with E-state index in [1.54, 1.807) is 0 Å². The van der Waals surface area contributed by atoms with Gasteiger partial charge in [-0.2, -0.15) is 0 Å². The van der Waals surface area contributed by atoms with E-state index in [0.29, 0.717) is 0 Å². The Kier molecular flexibility index (Phi) is 3.85. The monoisotopic (exact) mass is 244 g/mol. The second kappa shape index (κ2) is 4.44. The molecule has 3 unspecified atom stereocenters. The van der Waals surface area contributed by atoms with Crippen LogP contribution in [0, 0.1) is 0 Å². The summed E-state index contributed by atoms with van der Waals surface area (Å²) < 4.78 is 19.4. The van der Waals surface area contributed by atoms with Gasteiger partial charge in [0, 0.05) is 0 Å². The molecule has 0 aromatic carbocycles. The molecular weight excluding hydrogens is 231 g/mol.